The number of hydrogen-bond donors (Lipinski definition) is 2. The molecule has 0 atom stereocenters. The first-order valence-electron chi connectivity index (χ1n) is 9.91. The zero-order chi connectivity index (χ0) is 21.0. The minimum absolute atomic E-state index is 0.0522. The fourth-order valence-corrected chi connectivity index (χ4v) is 3.70. The summed E-state index contributed by atoms with van der Waals surface area (Å²) in [4.78, 5) is 32.5. The normalized spacial score (nSPS) is 15.4. The van der Waals surface area contributed by atoms with Crippen LogP contribution < -0.4 is 5.32 Å². The first-order valence-corrected chi connectivity index (χ1v) is 9.91. The molecular weight excluding hydrogens is 380 g/mol. The molecule has 1 aromatic carbocycles. The molecule has 0 aliphatic carbocycles. The Labute approximate surface area is 174 Å². The van der Waals surface area contributed by atoms with Crippen molar-refractivity contribution in [3.63, 3.8) is 0 Å². The average Bonchev–Trinajstić information content (AvgIpc) is 3.22. The summed E-state index contributed by atoms with van der Waals surface area (Å²) in [6, 6.07) is 13.5. The summed E-state index contributed by atoms with van der Waals surface area (Å²) in [5.41, 5.74) is 1.94. The van der Waals surface area contributed by atoms with Crippen LogP contribution in [0.4, 0.5) is 0 Å². The fourth-order valence-electron chi connectivity index (χ4n) is 3.70. The maximum absolute atomic E-state index is 12.7. The van der Waals surface area contributed by atoms with Crippen molar-refractivity contribution >= 4 is 22.6 Å². The predicted octanol–water partition coefficient (Wildman–Crippen LogP) is 2.72. The Hall–Kier alpha value is -3.50. The van der Waals surface area contributed by atoms with Gasteiger partial charge in [-0.15, -0.1) is 0 Å². The van der Waals surface area contributed by atoms with Crippen molar-refractivity contribution < 1.29 is 14.3 Å². The molecule has 0 saturated carbocycles. The van der Waals surface area contributed by atoms with E-state index in [-0.39, 0.29) is 17.9 Å². The van der Waals surface area contributed by atoms with Gasteiger partial charge >= 0.3 is 0 Å². The monoisotopic (exact) mass is 402 g/mol. The van der Waals surface area contributed by atoms with E-state index in [9.17, 15) is 14.9 Å². The molecule has 152 valence electrons. The lowest BCUT2D eigenvalue weighted by Gasteiger charge is -2.31. The molecule has 3 heterocycles. The Morgan fingerprint density at radius 1 is 1.13 bits per heavy atom. The number of aromatic amines is 1. The van der Waals surface area contributed by atoms with Crippen LogP contribution in [0.1, 0.15) is 34.5 Å². The second-order valence-electron chi connectivity index (χ2n) is 7.60. The van der Waals surface area contributed by atoms with Gasteiger partial charge < -0.3 is 15.0 Å². The minimum atomic E-state index is -0.931. The van der Waals surface area contributed by atoms with Gasteiger partial charge in [0.2, 0.25) is 0 Å². The maximum atomic E-state index is 12.7. The number of nitriles is 1. The Balaban J connectivity index is 1.41. The van der Waals surface area contributed by atoms with Crippen LogP contribution in [0, 0.1) is 11.3 Å². The van der Waals surface area contributed by atoms with Gasteiger partial charge in [-0.05, 0) is 40.8 Å². The number of nitrogens with one attached hydrogen (secondary N) is 2. The van der Waals surface area contributed by atoms with Gasteiger partial charge in [0, 0.05) is 56.8 Å². The molecule has 2 N–H and O–H groups in total. The molecule has 0 unspecified atom stereocenters. The quantitative estimate of drug-likeness (QED) is 0.659. The molecule has 3 aromatic rings. The molecule has 2 aromatic heterocycles. The number of carbonyl (C=O) groups excluding carboxylic acids is 2. The van der Waals surface area contributed by atoms with E-state index in [2.05, 4.69) is 21.4 Å². The minimum Gasteiger partial charge on any atom is -0.381 e. The highest BCUT2D eigenvalue weighted by Gasteiger charge is 2.34. The van der Waals surface area contributed by atoms with Crippen molar-refractivity contribution in [3.05, 3.63) is 65.6 Å². The highest BCUT2D eigenvalue weighted by Crippen LogP contribution is 2.20. The van der Waals surface area contributed by atoms with Gasteiger partial charge in [-0.1, -0.05) is 12.1 Å². The van der Waals surface area contributed by atoms with Crippen molar-refractivity contribution in [1.29, 1.82) is 5.26 Å². The molecule has 1 aliphatic heterocycles. The highest BCUT2D eigenvalue weighted by atomic mass is 16.5. The fraction of sp³-hybridized carbons (Fsp3) is 0.304. The van der Waals surface area contributed by atoms with Gasteiger partial charge in [0.05, 0.1) is 6.07 Å². The van der Waals surface area contributed by atoms with Crippen LogP contribution in [0.3, 0.4) is 0 Å². The van der Waals surface area contributed by atoms with E-state index in [0.717, 1.165) is 22.0 Å². The summed E-state index contributed by atoms with van der Waals surface area (Å²) < 4.78 is 5.29. The third-order valence-corrected chi connectivity index (χ3v) is 5.39. The number of Topliss-reactive ketones (excluding diaryl/α,β-unsaturated/α-hetero) is 1. The number of pyridine rings is 1. The molecular formula is C23H22N4O3. The third kappa shape index (κ3) is 4.39. The summed E-state index contributed by atoms with van der Waals surface area (Å²) in [6.45, 7) is 0.869. The smallest absolute Gasteiger partial charge is 0.271 e. The van der Waals surface area contributed by atoms with Gasteiger partial charge in [-0.25, -0.2) is 0 Å². The van der Waals surface area contributed by atoms with Gasteiger partial charge in [0.25, 0.3) is 5.91 Å². The Morgan fingerprint density at radius 3 is 2.67 bits per heavy atom. The van der Waals surface area contributed by atoms with E-state index in [1.54, 1.807) is 12.1 Å². The summed E-state index contributed by atoms with van der Waals surface area (Å²) >= 11 is 0. The van der Waals surface area contributed by atoms with E-state index >= 15 is 0 Å². The van der Waals surface area contributed by atoms with Crippen molar-refractivity contribution in [1.82, 2.24) is 15.3 Å². The number of nitrogens with zero attached hydrogens (tertiary/aromatic N) is 2. The van der Waals surface area contributed by atoms with Gasteiger partial charge in [0.15, 0.2) is 0 Å². The SMILES string of the molecule is N#CC1(NC(=O)c2cc(CC(=O)Cc3ccc4cc[nH]c4c3)ccn2)CCOCC1. The number of aromatic nitrogens is 2. The predicted molar refractivity (Wildman–Crippen MR) is 111 cm³/mol. The van der Waals surface area contributed by atoms with Crippen LogP contribution in [0.5, 0.6) is 0 Å². The molecule has 4 rings (SSSR count). The first kappa shape index (κ1) is 19.8. The number of H-pyrrole nitrogens is 1. The van der Waals surface area contributed by atoms with E-state index in [4.69, 9.17) is 4.74 Å². The summed E-state index contributed by atoms with van der Waals surface area (Å²) in [7, 11) is 0. The zero-order valence-electron chi connectivity index (χ0n) is 16.5. The van der Waals surface area contributed by atoms with Gasteiger partial charge in [0.1, 0.15) is 17.0 Å². The second-order valence-corrected chi connectivity index (χ2v) is 7.60. The van der Waals surface area contributed by atoms with Crippen LogP contribution in [-0.2, 0) is 22.4 Å². The summed E-state index contributed by atoms with van der Waals surface area (Å²) in [6.07, 6.45) is 4.80. The lowest BCUT2D eigenvalue weighted by atomic mass is 9.91. The van der Waals surface area contributed by atoms with E-state index in [0.29, 0.717) is 32.5 Å². The number of ether oxygens (including phenoxy) is 1. The topological polar surface area (TPSA) is 108 Å². The molecule has 7 nitrogen and oxygen atoms in total. The molecule has 1 fully saturated rings. The number of benzene rings is 1. The van der Waals surface area contributed by atoms with Crippen molar-refractivity contribution in [2.45, 2.75) is 31.2 Å². The largest absolute Gasteiger partial charge is 0.381 e. The second kappa shape index (κ2) is 8.47. The zero-order valence-corrected chi connectivity index (χ0v) is 16.5. The summed E-state index contributed by atoms with van der Waals surface area (Å²) in [5.74, 6) is -0.360. The number of fused-ring (bicyclic) bond motifs is 1. The first-order chi connectivity index (χ1) is 14.6. The van der Waals surface area contributed by atoms with Gasteiger partial charge in [-0.3, -0.25) is 14.6 Å². The van der Waals surface area contributed by atoms with Crippen LogP contribution in [0.2, 0.25) is 0 Å². The number of ketones is 1. The third-order valence-electron chi connectivity index (χ3n) is 5.39. The number of amides is 1. The highest BCUT2D eigenvalue weighted by molar-refractivity contribution is 5.93. The summed E-state index contributed by atoms with van der Waals surface area (Å²) in [5, 5.41) is 13.4. The standard InChI is InChI=1S/C23H22N4O3/c24-15-23(5-9-30-10-6-23)27-22(29)21-14-17(3-7-26-21)12-19(28)11-16-1-2-18-4-8-25-20(18)13-16/h1-4,7-8,13-14,25H,5-6,9-12H2,(H,27,29). The molecule has 1 amide bonds. The Kier molecular flexibility index (Phi) is 5.59. The van der Waals surface area contributed by atoms with Crippen LogP contribution in [0.15, 0.2) is 48.8 Å². The number of carbonyl (C=O) groups is 2. The van der Waals surface area contributed by atoms with E-state index < -0.39 is 11.4 Å². The molecule has 1 aliphatic rings. The van der Waals surface area contributed by atoms with Crippen LogP contribution >= 0.6 is 0 Å². The number of hydrogen-bond acceptors (Lipinski definition) is 5. The Bertz CT molecular complexity index is 1120. The van der Waals surface area contributed by atoms with Crippen molar-refractivity contribution in [2.24, 2.45) is 0 Å². The molecule has 0 radical (unpaired) electrons. The van der Waals surface area contributed by atoms with E-state index in [1.807, 2.05) is 30.5 Å². The van der Waals surface area contributed by atoms with Crippen LogP contribution in [-0.4, -0.2) is 40.4 Å². The average molecular weight is 402 g/mol. The van der Waals surface area contributed by atoms with Gasteiger partial charge in [-0.2, -0.15) is 5.26 Å². The molecule has 0 bridgehead atoms. The lowest BCUT2D eigenvalue weighted by molar-refractivity contribution is -0.117. The molecule has 30 heavy (non-hydrogen) atoms. The maximum Gasteiger partial charge on any atom is 0.271 e. The number of rotatable bonds is 6. The molecule has 1 saturated heterocycles. The lowest BCUT2D eigenvalue weighted by Crippen LogP contribution is -2.51. The molecule has 0 spiro atoms. The van der Waals surface area contributed by atoms with Crippen molar-refractivity contribution in [3.8, 4) is 6.07 Å². The van der Waals surface area contributed by atoms with E-state index in [1.165, 1.54) is 6.20 Å². The molecule has 7 heteroatoms. The van der Waals surface area contributed by atoms with Crippen molar-refractivity contribution in [2.75, 3.05) is 13.2 Å². The van der Waals surface area contributed by atoms with Crippen LogP contribution in [0.25, 0.3) is 10.9 Å². The Morgan fingerprint density at radius 2 is 1.90 bits per heavy atom.